The van der Waals surface area contributed by atoms with E-state index >= 15 is 0 Å². The van der Waals surface area contributed by atoms with Crippen LogP contribution in [0.4, 0.5) is 0 Å². The molecular formula is C17H35NO2. The smallest absolute Gasteiger partial charge is 0.0596 e. The van der Waals surface area contributed by atoms with Crippen LogP contribution in [0.3, 0.4) is 0 Å². The monoisotopic (exact) mass is 285 g/mol. The molecule has 1 heterocycles. The van der Waals surface area contributed by atoms with E-state index in [1.54, 1.807) is 0 Å². The molecule has 0 saturated carbocycles. The van der Waals surface area contributed by atoms with E-state index in [2.05, 4.69) is 32.6 Å². The van der Waals surface area contributed by atoms with E-state index in [0.717, 1.165) is 25.7 Å². The van der Waals surface area contributed by atoms with Gasteiger partial charge in [-0.25, -0.2) is 0 Å². The molecule has 0 unspecified atom stereocenters. The number of ether oxygens (including phenoxy) is 2. The summed E-state index contributed by atoms with van der Waals surface area (Å²) in [5.41, 5.74) is 0. The van der Waals surface area contributed by atoms with Gasteiger partial charge in [-0.05, 0) is 66.0 Å². The van der Waals surface area contributed by atoms with Crippen LogP contribution in [0.25, 0.3) is 0 Å². The molecule has 0 atom stereocenters. The summed E-state index contributed by atoms with van der Waals surface area (Å²) in [6, 6.07) is 0. The summed E-state index contributed by atoms with van der Waals surface area (Å²) in [7, 11) is 0. The van der Waals surface area contributed by atoms with Crippen molar-refractivity contribution in [1.82, 2.24) is 4.90 Å². The molecule has 20 heavy (non-hydrogen) atoms. The normalized spacial score (nSPS) is 18.3. The van der Waals surface area contributed by atoms with E-state index in [9.17, 15) is 0 Å². The van der Waals surface area contributed by atoms with Crippen molar-refractivity contribution in [2.45, 2.75) is 72.0 Å². The van der Waals surface area contributed by atoms with Gasteiger partial charge in [-0.3, -0.25) is 0 Å². The molecule has 3 nitrogen and oxygen atoms in total. The number of rotatable bonds is 10. The van der Waals surface area contributed by atoms with Gasteiger partial charge in [-0.2, -0.15) is 0 Å². The lowest BCUT2D eigenvalue weighted by Gasteiger charge is -2.32. The van der Waals surface area contributed by atoms with Gasteiger partial charge >= 0.3 is 0 Å². The Morgan fingerprint density at radius 3 is 2.10 bits per heavy atom. The molecule has 0 amide bonds. The molecule has 0 aromatic carbocycles. The van der Waals surface area contributed by atoms with Gasteiger partial charge in [0.2, 0.25) is 0 Å². The molecule has 0 aromatic rings. The Bertz CT molecular complexity index is 223. The minimum absolute atomic E-state index is 0.362. The molecule has 1 rings (SSSR count). The Morgan fingerprint density at radius 2 is 1.50 bits per heavy atom. The van der Waals surface area contributed by atoms with Crippen molar-refractivity contribution in [1.29, 1.82) is 0 Å². The average Bonchev–Trinajstić information content (AvgIpc) is 2.39. The predicted octanol–water partition coefficient (Wildman–Crippen LogP) is 3.72. The highest BCUT2D eigenvalue weighted by Crippen LogP contribution is 2.22. The minimum atomic E-state index is 0.362. The SMILES string of the molecule is CC(C)OCCCCC1CCN(CCOC(C)C)CC1. The van der Waals surface area contributed by atoms with E-state index in [-0.39, 0.29) is 0 Å². The second-order valence-corrected chi connectivity index (χ2v) is 6.62. The van der Waals surface area contributed by atoms with Crippen LogP contribution in [0.5, 0.6) is 0 Å². The van der Waals surface area contributed by atoms with E-state index in [4.69, 9.17) is 9.47 Å². The zero-order chi connectivity index (χ0) is 14.8. The maximum Gasteiger partial charge on any atom is 0.0596 e. The molecule has 1 fully saturated rings. The second kappa shape index (κ2) is 10.6. The fourth-order valence-electron chi connectivity index (χ4n) is 2.77. The fraction of sp³-hybridized carbons (Fsp3) is 1.00. The first-order valence-electron chi connectivity index (χ1n) is 8.53. The van der Waals surface area contributed by atoms with Gasteiger partial charge in [0.05, 0.1) is 18.8 Å². The molecule has 1 aliphatic heterocycles. The third kappa shape index (κ3) is 8.93. The van der Waals surface area contributed by atoms with E-state index in [0.29, 0.717) is 12.2 Å². The maximum absolute atomic E-state index is 5.63. The highest BCUT2D eigenvalue weighted by atomic mass is 16.5. The van der Waals surface area contributed by atoms with E-state index in [1.165, 1.54) is 45.2 Å². The van der Waals surface area contributed by atoms with Crippen molar-refractivity contribution in [3.05, 3.63) is 0 Å². The first-order valence-corrected chi connectivity index (χ1v) is 8.53. The Balaban J connectivity index is 1.96. The molecule has 3 heteroatoms. The van der Waals surface area contributed by atoms with Crippen LogP contribution in [0, 0.1) is 5.92 Å². The van der Waals surface area contributed by atoms with Crippen LogP contribution in [0.2, 0.25) is 0 Å². The quantitative estimate of drug-likeness (QED) is 0.571. The summed E-state index contributed by atoms with van der Waals surface area (Å²) in [6.07, 6.45) is 7.41. The molecule has 0 bridgehead atoms. The van der Waals surface area contributed by atoms with E-state index in [1.807, 2.05) is 0 Å². The summed E-state index contributed by atoms with van der Waals surface area (Å²) in [6.45, 7) is 13.9. The van der Waals surface area contributed by atoms with Crippen molar-refractivity contribution in [2.24, 2.45) is 5.92 Å². The van der Waals surface area contributed by atoms with Crippen LogP contribution >= 0.6 is 0 Å². The summed E-state index contributed by atoms with van der Waals surface area (Å²) in [4.78, 5) is 2.56. The Morgan fingerprint density at radius 1 is 0.900 bits per heavy atom. The molecule has 0 spiro atoms. The van der Waals surface area contributed by atoms with Crippen LogP contribution in [-0.4, -0.2) is 50.0 Å². The lowest BCUT2D eigenvalue weighted by Crippen LogP contribution is -2.36. The highest BCUT2D eigenvalue weighted by molar-refractivity contribution is 4.72. The number of piperidine rings is 1. The van der Waals surface area contributed by atoms with Crippen molar-refractivity contribution in [3.8, 4) is 0 Å². The lowest BCUT2D eigenvalue weighted by atomic mass is 9.91. The summed E-state index contributed by atoms with van der Waals surface area (Å²) in [5, 5.41) is 0. The van der Waals surface area contributed by atoms with Crippen molar-refractivity contribution in [3.63, 3.8) is 0 Å². The van der Waals surface area contributed by atoms with Gasteiger partial charge in [0.1, 0.15) is 0 Å². The standard InChI is InChI=1S/C17H35NO2/c1-15(2)19-13-6-5-7-17-8-10-18(11-9-17)12-14-20-16(3)4/h15-17H,5-14H2,1-4H3. The second-order valence-electron chi connectivity index (χ2n) is 6.62. The Kier molecular flexibility index (Phi) is 9.49. The van der Waals surface area contributed by atoms with E-state index < -0.39 is 0 Å². The molecule has 1 aliphatic rings. The fourth-order valence-corrected chi connectivity index (χ4v) is 2.77. The third-order valence-electron chi connectivity index (χ3n) is 4.02. The Hall–Kier alpha value is -0.120. The number of likely N-dealkylation sites (tertiary alicyclic amines) is 1. The van der Waals surface area contributed by atoms with Crippen LogP contribution in [-0.2, 0) is 9.47 Å². The maximum atomic E-state index is 5.63. The largest absolute Gasteiger partial charge is 0.379 e. The van der Waals surface area contributed by atoms with Crippen molar-refractivity contribution < 1.29 is 9.47 Å². The van der Waals surface area contributed by atoms with Gasteiger partial charge in [0.25, 0.3) is 0 Å². The summed E-state index contributed by atoms with van der Waals surface area (Å²) < 4.78 is 11.2. The zero-order valence-corrected chi connectivity index (χ0v) is 14.1. The zero-order valence-electron chi connectivity index (χ0n) is 14.1. The molecule has 0 radical (unpaired) electrons. The minimum Gasteiger partial charge on any atom is -0.379 e. The van der Waals surface area contributed by atoms with Crippen molar-refractivity contribution in [2.75, 3.05) is 32.8 Å². The van der Waals surface area contributed by atoms with Gasteiger partial charge in [0, 0.05) is 13.2 Å². The number of nitrogens with zero attached hydrogens (tertiary/aromatic N) is 1. The molecule has 120 valence electrons. The van der Waals surface area contributed by atoms with Gasteiger partial charge in [-0.1, -0.05) is 12.8 Å². The summed E-state index contributed by atoms with van der Waals surface area (Å²) in [5.74, 6) is 0.941. The topological polar surface area (TPSA) is 21.7 Å². The lowest BCUT2D eigenvalue weighted by molar-refractivity contribution is 0.0495. The third-order valence-corrected chi connectivity index (χ3v) is 4.02. The molecule has 0 N–H and O–H groups in total. The van der Waals surface area contributed by atoms with Crippen LogP contribution in [0.15, 0.2) is 0 Å². The van der Waals surface area contributed by atoms with Crippen molar-refractivity contribution >= 4 is 0 Å². The van der Waals surface area contributed by atoms with Crippen LogP contribution < -0.4 is 0 Å². The van der Waals surface area contributed by atoms with Gasteiger partial charge in [-0.15, -0.1) is 0 Å². The molecule has 1 saturated heterocycles. The first kappa shape index (κ1) is 17.9. The molecule has 0 aliphatic carbocycles. The highest BCUT2D eigenvalue weighted by Gasteiger charge is 2.18. The molecule has 0 aromatic heterocycles. The van der Waals surface area contributed by atoms with Gasteiger partial charge in [0.15, 0.2) is 0 Å². The predicted molar refractivity (Wildman–Crippen MR) is 85.2 cm³/mol. The molecular weight excluding hydrogens is 250 g/mol. The van der Waals surface area contributed by atoms with Crippen LogP contribution in [0.1, 0.15) is 59.8 Å². The Labute approximate surface area is 126 Å². The number of hydrogen-bond acceptors (Lipinski definition) is 3. The first-order chi connectivity index (χ1) is 9.58. The van der Waals surface area contributed by atoms with Gasteiger partial charge < -0.3 is 14.4 Å². The average molecular weight is 285 g/mol. The summed E-state index contributed by atoms with van der Waals surface area (Å²) >= 11 is 0. The number of unbranched alkanes of at least 4 members (excludes halogenated alkanes) is 1. The number of hydrogen-bond donors (Lipinski definition) is 0.